The van der Waals surface area contributed by atoms with E-state index in [1.54, 1.807) is 0 Å². The minimum Gasteiger partial charge on any atom is -0.492 e. The van der Waals surface area contributed by atoms with Gasteiger partial charge in [-0.1, -0.05) is 48.5 Å². The van der Waals surface area contributed by atoms with E-state index in [-0.39, 0.29) is 23.8 Å². The quantitative estimate of drug-likeness (QED) is 0.904. The summed E-state index contributed by atoms with van der Waals surface area (Å²) in [5.74, 6) is 0.692. The van der Waals surface area contributed by atoms with Gasteiger partial charge in [-0.15, -0.1) is 0 Å². The Morgan fingerprint density at radius 3 is 2.65 bits per heavy atom. The predicted molar refractivity (Wildman–Crippen MR) is 97.7 cm³/mol. The second kappa shape index (κ2) is 7.20. The zero-order valence-electron chi connectivity index (χ0n) is 14.6. The van der Waals surface area contributed by atoms with Gasteiger partial charge < -0.3 is 15.0 Å². The van der Waals surface area contributed by atoms with Gasteiger partial charge in [0.2, 0.25) is 11.8 Å². The molecule has 2 aromatic carbocycles. The van der Waals surface area contributed by atoms with Crippen LogP contribution in [0.5, 0.6) is 5.75 Å². The van der Waals surface area contributed by atoms with E-state index >= 15 is 0 Å². The number of ether oxygens (including phenoxy) is 1. The maximum absolute atomic E-state index is 13.3. The lowest BCUT2D eigenvalue weighted by molar-refractivity contribution is -0.139. The Bertz CT molecular complexity index is 806. The molecule has 0 saturated carbocycles. The van der Waals surface area contributed by atoms with E-state index in [4.69, 9.17) is 4.74 Å². The smallest absolute Gasteiger partial charge is 0.230 e. The van der Waals surface area contributed by atoms with Crippen molar-refractivity contribution >= 4 is 11.8 Å². The molecule has 2 aliphatic rings. The SMILES string of the molecule is O=C1C[C@H](c2ccccc2)N(C(=O)[C@H]2COc3ccccc3C2)CCN1. The van der Waals surface area contributed by atoms with E-state index in [0.717, 1.165) is 16.9 Å². The Balaban J connectivity index is 1.59. The number of nitrogens with zero attached hydrogens (tertiary/aromatic N) is 1. The third-order valence-corrected chi connectivity index (χ3v) is 5.13. The van der Waals surface area contributed by atoms with E-state index in [1.807, 2.05) is 59.5 Å². The van der Waals surface area contributed by atoms with Gasteiger partial charge >= 0.3 is 0 Å². The molecule has 2 heterocycles. The average Bonchev–Trinajstić information content (AvgIpc) is 2.89. The Hall–Kier alpha value is -2.82. The van der Waals surface area contributed by atoms with Gasteiger partial charge in [-0.3, -0.25) is 9.59 Å². The molecule has 0 unspecified atom stereocenters. The Morgan fingerprint density at radius 1 is 1.04 bits per heavy atom. The Labute approximate surface area is 153 Å². The summed E-state index contributed by atoms with van der Waals surface area (Å²) in [5.41, 5.74) is 2.06. The lowest BCUT2D eigenvalue weighted by Crippen LogP contribution is -2.43. The van der Waals surface area contributed by atoms with E-state index in [1.165, 1.54) is 0 Å². The molecule has 26 heavy (non-hydrogen) atoms. The van der Waals surface area contributed by atoms with Crippen LogP contribution in [0, 0.1) is 5.92 Å². The van der Waals surface area contributed by atoms with Gasteiger partial charge in [0.25, 0.3) is 0 Å². The fourth-order valence-electron chi connectivity index (χ4n) is 3.79. The van der Waals surface area contributed by atoms with E-state index in [2.05, 4.69) is 5.32 Å². The number of benzene rings is 2. The van der Waals surface area contributed by atoms with Crippen LogP contribution < -0.4 is 10.1 Å². The monoisotopic (exact) mass is 350 g/mol. The summed E-state index contributed by atoms with van der Waals surface area (Å²) in [5, 5.41) is 2.88. The van der Waals surface area contributed by atoms with E-state index < -0.39 is 0 Å². The first-order valence-corrected chi connectivity index (χ1v) is 9.05. The summed E-state index contributed by atoms with van der Waals surface area (Å²) in [4.78, 5) is 27.3. The summed E-state index contributed by atoms with van der Waals surface area (Å²) in [6.45, 7) is 1.38. The van der Waals surface area contributed by atoms with Crippen LogP contribution in [0.2, 0.25) is 0 Å². The molecular weight excluding hydrogens is 328 g/mol. The molecule has 2 aromatic rings. The van der Waals surface area contributed by atoms with Crippen molar-refractivity contribution in [3.63, 3.8) is 0 Å². The van der Waals surface area contributed by atoms with Gasteiger partial charge in [0, 0.05) is 13.1 Å². The van der Waals surface area contributed by atoms with E-state index in [0.29, 0.717) is 32.5 Å². The first-order chi connectivity index (χ1) is 12.7. The molecule has 0 aromatic heterocycles. The van der Waals surface area contributed by atoms with Crippen molar-refractivity contribution in [1.82, 2.24) is 10.2 Å². The fourth-order valence-corrected chi connectivity index (χ4v) is 3.79. The predicted octanol–water partition coefficient (Wildman–Crippen LogP) is 2.33. The van der Waals surface area contributed by atoms with Crippen LogP contribution in [0.1, 0.15) is 23.6 Å². The second-order valence-electron chi connectivity index (χ2n) is 6.83. The highest BCUT2D eigenvalue weighted by molar-refractivity contribution is 5.83. The summed E-state index contributed by atoms with van der Waals surface area (Å²) in [6.07, 6.45) is 0.967. The van der Waals surface area contributed by atoms with Crippen molar-refractivity contribution in [3.05, 3.63) is 65.7 Å². The molecule has 4 rings (SSSR count). The zero-order chi connectivity index (χ0) is 17.9. The maximum Gasteiger partial charge on any atom is 0.230 e. The number of carbonyl (C=O) groups is 2. The summed E-state index contributed by atoms with van der Waals surface area (Å²) < 4.78 is 5.81. The topological polar surface area (TPSA) is 58.6 Å². The van der Waals surface area contributed by atoms with Gasteiger partial charge in [-0.25, -0.2) is 0 Å². The number of carbonyl (C=O) groups excluding carboxylic acids is 2. The highest BCUT2D eigenvalue weighted by atomic mass is 16.5. The fraction of sp³-hybridized carbons (Fsp3) is 0.333. The molecule has 2 atom stereocenters. The summed E-state index contributed by atoms with van der Waals surface area (Å²) in [6, 6.07) is 17.4. The second-order valence-corrected chi connectivity index (χ2v) is 6.83. The Kier molecular flexibility index (Phi) is 4.61. The molecular formula is C21H22N2O3. The van der Waals surface area contributed by atoms with Crippen LogP contribution in [-0.4, -0.2) is 36.4 Å². The number of nitrogens with one attached hydrogen (secondary N) is 1. The molecule has 5 nitrogen and oxygen atoms in total. The molecule has 1 saturated heterocycles. The number of amides is 2. The number of rotatable bonds is 2. The van der Waals surface area contributed by atoms with Crippen LogP contribution in [0.15, 0.2) is 54.6 Å². The van der Waals surface area contributed by atoms with Crippen molar-refractivity contribution in [3.8, 4) is 5.75 Å². The maximum atomic E-state index is 13.3. The number of hydrogen-bond acceptors (Lipinski definition) is 3. The van der Waals surface area contributed by atoms with Crippen molar-refractivity contribution in [2.45, 2.75) is 18.9 Å². The molecule has 2 amide bonds. The van der Waals surface area contributed by atoms with Crippen LogP contribution >= 0.6 is 0 Å². The minimum atomic E-state index is -0.233. The number of hydrogen-bond donors (Lipinski definition) is 1. The van der Waals surface area contributed by atoms with Gasteiger partial charge in [0.05, 0.1) is 18.4 Å². The van der Waals surface area contributed by atoms with Gasteiger partial charge in [-0.05, 0) is 23.6 Å². The molecule has 1 N–H and O–H groups in total. The van der Waals surface area contributed by atoms with Gasteiger partial charge in [-0.2, -0.15) is 0 Å². The standard InChI is InChI=1S/C21H22N2O3/c24-20-13-18(15-6-2-1-3-7-15)23(11-10-22-20)21(25)17-12-16-8-4-5-9-19(16)26-14-17/h1-9,17-18H,10-14H2,(H,22,24)/t17-,18-/m1/s1. The molecule has 134 valence electrons. The highest BCUT2D eigenvalue weighted by Crippen LogP contribution is 2.31. The molecule has 0 aliphatic carbocycles. The molecule has 1 fully saturated rings. The molecule has 5 heteroatoms. The van der Waals surface area contributed by atoms with E-state index in [9.17, 15) is 9.59 Å². The lowest BCUT2D eigenvalue weighted by atomic mass is 9.93. The van der Waals surface area contributed by atoms with Gasteiger partial charge in [0.15, 0.2) is 0 Å². The largest absolute Gasteiger partial charge is 0.492 e. The summed E-state index contributed by atoms with van der Waals surface area (Å²) in [7, 11) is 0. The Morgan fingerprint density at radius 2 is 1.81 bits per heavy atom. The van der Waals surface area contributed by atoms with Crippen LogP contribution in [0.25, 0.3) is 0 Å². The number of fused-ring (bicyclic) bond motifs is 1. The van der Waals surface area contributed by atoms with Crippen LogP contribution in [0.3, 0.4) is 0 Å². The first kappa shape index (κ1) is 16.6. The minimum absolute atomic E-state index is 0.0145. The highest BCUT2D eigenvalue weighted by Gasteiger charge is 2.35. The van der Waals surface area contributed by atoms with Crippen molar-refractivity contribution in [2.75, 3.05) is 19.7 Å². The molecule has 0 bridgehead atoms. The van der Waals surface area contributed by atoms with Crippen LogP contribution in [0.4, 0.5) is 0 Å². The number of para-hydroxylation sites is 1. The molecule has 0 spiro atoms. The summed E-state index contributed by atoms with van der Waals surface area (Å²) >= 11 is 0. The lowest BCUT2D eigenvalue weighted by Gasteiger charge is -2.34. The third kappa shape index (κ3) is 3.29. The van der Waals surface area contributed by atoms with Crippen molar-refractivity contribution in [2.24, 2.45) is 5.92 Å². The van der Waals surface area contributed by atoms with Crippen molar-refractivity contribution in [1.29, 1.82) is 0 Å². The first-order valence-electron chi connectivity index (χ1n) is 9.05. The van der Waals surface area contributed by atoms with Crippen molar-refractivity contribution < 1.29 is 14.3 Å². The average molecular weight is 350 g/mol. The normalized spacial score (nSPS) is 22.6. The van der Waals surface area contributed by atoms with Crippen LogP contribution in [-0.2, 0) is 16.0 Å². The molecule has 0 radical (unpaired) electrons. The third-order valence-electron chi connectivity index (χ3n) is 5.13. The van der Waals surface area contributed by atoms with Gasteiger partial charge in [0.1, 0.15) is 12.4 Å². The zero-order valence-corrected chi connectivity index (χ0v) is 14.6. The molecule has 2 aliphatic heterocycles.